The number of hydrogen-bond donors (Lipinski definition) is 1. The van der Waals surface area contributed by atoms with Gasteiger partial charge >= 0.3 is 0 Å². The second-order valence-corrected chi connectivity index (χ2v) is 5.70. The van der Waals surface area contributed by atoms with Crippen molar-refractivity contribution >= 4 is 39.1 Å². The van der Waals surface area contributed by atoms with Crippen LogP contribution in [0.4, 0.5) is 4.39 Å². The minimum atomic E-state index is -0.778. The van der Waals surface area contributed by atoms with Gasteiger partial charge in [0.1, 0.15) is 16.2 Å². The number of thiazole rings is 1. The number of primary amides is 1. The minimum Gasteiger partial charge on any atom is -0.364 e. The van der Waals surface area contributed by atoms with E-state index in [1.807, 2.05) is 6.07 Å². The largest absolute Gasteiger partial charge is 0.364 e. The molecule has 2 aromatic heterocycles. The Morgan fingerprint density at radius 3 is 2.91 bits per heavy atom. The van der Waals surface area contributed by atoms with Crippen molar-refractivity contribution in [3.8, 4) is 16.6 Å². The molecule has 0 bridgehead atoms. The van der Waals surface area contributed by atoms with E-state index in [-0.39, 0.29) is 15.9 Å². The van der Waals surface area contributed by atoms with Gasteiger partial charge in [-0.2, -0.15) is 5.26 Å². The SMILES string of the molecule is N#Cc1cccc(Cl)c1-c1nc2c(F)cnc(C(N)=O)c2s1. The molecule has 0 saturated carbocycles. The topological polar surface area (TPSA) is 92.7 Å². The molecule has 1 amide bonds. The summed E-state index contributed by atoms with van der Waals surface area (Å²) >= 11 is 7.14. The van der Waals surface area contributed by atoms with Gasteiger partial charge in [-0.05, 0) is 12.1 Å². The summed E-state index contributed by atoms with van der Waals surface area (Å²) in [5.41, 5.74) is 5.85. The third-order valence-electron chi connectivity index (χ3n) is 2.96. The number of aromatic nitrogens is 2. The molecule has 0 fully saturated rings. The molecule has 0 aliphatic heterocycles. The van der Waals surface area contributed by atoms with Gasteiger partial charge in [0.2, 0.25) is 0 Å². The number of benzene rings is 1. The lowest BCUT2D eigenvalue weighted by molar-refractivity contribution is 0.0997. The summed E-state index contributed by atoms with van der Waals surface area (Å²) in [5, 5.41) is 9.82. The predicted molar refractivity (Wildman–Crippen MR) is 81.1 cm³/mol. The fourth-order valence-corrected chi connectivity index (χ4v) is 3.46. The Kier molecular flexibility index (Phi) is 3.48. The number of amides is 1. The van der Waals surface area contributed by atoms with E-state index >= 15 is 0 Å². The molecule has 0 atom stereocenters. The Hall–Kier alpha value is -2.56. The van der Waals surface area contributed by atoms with Crippen molar-refractivity contribution in [2.45, 2.75) is 0 Å². The third-order valence-corrected chi connectivity index (χ3v) is 4.35. The number of nitrogens with two attached hydrogens (primary N) is 1. The lowest BCUT2D eigenvalue weighted by atomic mass is 10.1. The quantitative estimate of drug-likeness (QED) is 0.780. The van der Waals surface area contributed by atoms with Crippen molar-refractivity contribution in [1.82, 2.24) is 9.97 Å². The van der Waals surface area contributed by atoms with E-state index < -0.39 is 11.7 Å². The maximum Gasteiger partial charge on any atom is 0.268 e. The van der Waals surface area contributed by atoms with Crippen LogP contribution >= 0.6 is 22.9 Å². The van der Waals surface area contributed by atoms with Gasteiger partial charge in [0.05, 0.1) is 27.6 Å². The van der Waals surface area contributed by atoms with Gasteiger partial charge in [0, 0.05) is 5.56 Å². The second kappa shape index (κ2) is 5.33. The maximum atomic E-state index is 13.9. The zero-order chi connectivity index (χ0) is 15.9. The molecule has 0 unspecified atom stereocenters. The summed E-state index contributed by atoms with van der Waals surface area (Å²) < 4.78 is 14.1. The van der Waals surface area contributed by atoms with Gasteiger partial charge in [-0.1, -0.05) is 17.7 Å². The molecule has 0 spiro atoms. The smallest absolute Gasteiger partial charge is 0.268 e. The van der Waals surface area contributed by atoms with Crippen LogP contribution in [-0.2, 0) is 0 Å². The number of pyridine rings is 1. The highest BCUT2D eigenvalue weighted by atomic mass is 35.5. The lowest BCUT2D eigenvalue weighted by Gasteiger charge is -2.01. The number of halogens is 2. The van der Waals surface area contributed by atoms with Crippen LogP contribution in [0.25, 0.3) is 20.8 Å². The number of nitriles is 1. The zero-order valence-corrected chi connectivity index (χ0v) is 12.4. The van der Waals surface area contributed by atoms with Crippen LogP contribution in [0.1, 0.15) is 16.1 Å². The molecule has 0 saturated heterocycles. The highest BCUT2D eigenvalue weighted by molar-refractivity contribution is 7.22. The molecule has 108 valence electrons. The zero-order valence-electron chi connectivity index (χ0n) is 10.8. The van der Waals surface area contributed by atoms with Crippen LogP contribution in [0.5, 0.6) is 0 Å². The van der Waals surface area contributed by atoms with Crippen molar-refractivity contribution in [3.05, 3.63) is 46.5 Å². The summed E-state index contributed by atoms with van der Waals surface area (Å²) in [6.45, 7) is 0. The Morgan fingerprint density at radius 1 is 1.45 bits per heavy atom. The van der Waals surface area contributed by atoms with Crippen molar-refractivity contribution < 1.29 is 9.18 Å². The predicted octanol–water partition coefficient (Wildman–Crippen LogP) is 3.12. The number of carbonyl (C=O) groups excluding carboxylic acids is 1. The van der Waals surface area contributed by atoms with Crippen LogP contribution in [0.2, 0.25) is 5.02 Å². The first-order valence-electron chi connectivity index (χ1n) is 5.96. The monoisotopic (exact) mass is 332 g/mol. The van der Waals surface area contributed by atoms with Crippen molar-refractivity contribution in [3.63, 3.8) is 0 Å². The molecule has 8 heteroatoms. The van der Waals surface area contributed by atoms with E-state index in [9.17, 15) is 14.4 Å². The Labute approximate surface area is 132 Å². The average Bonchev–Trinajstić information content (AvgIpc) is 2.92. The van der Waals surface area contributed by atoms with Gasteiger partial charge in [-0.3, -0.25) is 4.79 Å². The lowest BCUT2D eigenvalue weighted by Crippen LogP contribution is -2.13. The number of carbonyl (C=O) groups is 1. The van der Waals surface area contributed by atoms with Gasteiger partial charge in [0.25, 0.3) is 5.91 Å². The van der Waals surface area contributed by atoms with Gasteiger partial charge < -0.3 is 5.73 Å². The average molecular weight is 333 g/mol. The number of fused-ring (bicyclic) bond motifs is 1. The molecular formula is C14H6ClFN4OS. The van der Waals surface area contributed by atoms with E-state index in [1.165, 1.54) is 0 Å². The highest BCUT2D eigenvalue weighted by Gasteiger charge is 2.20. The number of rotatable bonds is 2. The van der Waals surface area contributed by atoms with Crippen molar-refractivity contribution in [1.29, 1.82) is 5.26 Å². The Bertz CT molecular complexity index is 963. The maximum absolute atomic E-state index is 13.9. The first-order chi connectivity index (χ1) is 10.5. The summed E-state index contributed by atoms with van der Waals surface area (Å²) in [7, 11) is 0. The molecule has 0 aliphatic rings. The van der Waals surface area contributed by atoms with Crippen LogP contribution in [0.3, 0.4) is 0 Å². The summed E-state index contributed by atoms with van der Waals surface area (Å²) in [6, 6.07) is 6.83. The first kappa shape index (κ1) is 14.4. The standard InChI is InChI=1S/C14H6ClFN4OS/c15-7-3-1-2-6(4-17)9(7)14-20-10-8(16)5-19-11(13(18)21)12(10)22-14/h1-3,5H,(H2,18,21). The highest BCUT2D eigenvalue weighted by Crippen LogP contribution is 2.37. The molecule has 1 aromatic carbocycles. The van der Waals surface area contributed by atoms with Crippen LogP contribution in [0, 0.1) is 17.1 Å². The molecule has 0 radical (unpaired) electrons. The Balaban J connectivity index is 2.36. The second-order valence-electron chi connectivity index (χ2n) is 4.29. The van der Waals surface area contributed by atoms with E-state index in [4.69, 9.17) is 17.3 Å². The summed E-state index contributed by atoms with van der Waals surface area (Å²) in [6.07, 6.45) is 0.893. The van der Waals surface area contributed by atoms with Gasteiger partial charge in [-0.25, -0.2) is 14.4 Å². The summed E-state index contributed by atoms with van der Waals surface area (Å²) in [4.78, 5) is 19.3. The van der Waals surface area contributed by atoms with E-state index in [0.717, 1.165) is 17.5 Å². The molecule has 22 heavy (non-hydrogen) atoms. The molecule has 0 aliphatic carbocycles. The third kappa shape index (κ3) is 2.19. The fourth-order valence-electron chi connectivity index (χ4n) is 2.00. The van der Waals surface area contributed by atoms with Crippen LogP contribution in [0.15, 0.2) is 24.4 Å². The number of hydrogen-bond acceptors (Lipinski definition) is 5. The molecular weight excluding hydrogens is 327 g/mol. The Morgan fingerprint density at radius 2 is 2.23 bits per heavy atom. The normalized spacial score (nSPS) is 10.6. The molecule has 2 heterocycles. The first-order valence-corrected chi connectivity index (χ1v) is 7.16. The van der Waals surface area contributed by atoms with E-state index in [2.05, 4.69) is 9.97 Å². The molecule has 5 nitrogen and oxygen atoms in total. The van der Waals surface area contributed by atoms with E-state index in [0.29, 0.717) is 21.2 Å². The number of nitrogens with zero attached hydrogens (tertiary/aromatic N) is 3. The molecule has 3 rings (SSSR count). The molecule has 2 N–H and O–H groups in total. The summed E-state index contributed by atoms with van der Waals surface area (Å²) in [5.74, 6) is -1.45. The van der Waals surface area contributed by atoms with Gasteiger partial charge in [0.15, 0.2) is 5.82 Å². The van der Waals surface area contributed by atoms with E-state index in [1.54, 1.807) is 18.2 Å². The fraction of sp³-hybridized carbons (Fsp3) is 0. The van der Waals surface area contributed by atoms with Crippen LogP contribution in [-0.4, -0.2) is 15.9 Å². The van der Waals surface area contributed by atoms with Crippen LogP contribution < -0.4 is 5.73 Å². The van der Waals surface area contributed by atoms with Crippen molar-refractivity contribution in [2.24, 2.45) is 5.73 Å². The molecule has 3 aromatic rings. The van der Waals surface area contributed by atoms with Crippen molar-refractivity contribution in [2.75, 3.05) is 0 Å². The minimum absolute atomic E-state index is 0.0207. The van der Waals surface area contributed by atoms with Gasteiger partial charge in [-0.15, -0.1) is 11.3 Å².